The highest BCUT2D eigenvalue weighted by Gasteiger charge is 2.16. The smallest absolute Gasteiger partial charge is 0.321 e. The summed E-state index contributed by atoms with van der Waals surface area (Å²) >= 11 is 0. The van der Waals surface area contributed by atoms with Crippen LogP contribution in [0.3, 0.4) is 0 Å². The lowest BCUT2D eigenvalue weighted by Gasteiger charge is -2.04. The van der Waals surface area contributed by atoms with E-state index >= 15 is 0 Å². The molecule has 0 aliphatic heterocycles. The van der Waals surface area contributed by atoms with Crippen LogP contribution in [0, 0.1) is 0 Å². The Bertz CT molecular complexity index is 390. The fraction of sp³-hybridized carbons (Fsp3) is 0.300. The number of Topliss-reactive ketones (excluding diaryl/α,β-unsaturated/α-hetero) is 1. The highest BCUT2D eigenvalue weighted by molar-refractivity contribution is 7.60. The van der Waals surface area contributed by atoms with Gasteiger partial charge in [0.2, 0.25) is 0 Å². The molecule has 0 saturated heterocycles. The highest BCUT2D eigenvalue weighted by Crippen LogP contribution is 2.32. The number of hydrogen-bond donors (Lipinski definition) is 2. The van der Waals surface area contributed by atoms with Crippen LogP contribution in [-0.4, -0.2) is 15.6 Å². The van der Waals surface area contributed by atoms with E-state index < -0.39 is 7.60 Å². The van der Waals surface area contributed by atoms with Crippen molar-refractivity contribution in [3.05, 3.63) is 29.8 Å². The Labute approximate surface area is 88.1 Å². The first kappa shape index (κ1) is 12.1. The Morgan fingerprint density at radius 2 is 1.80 bits per heavy atom. The Kier molecular flexibility index (Phi) is 3.80. The summed E-state index contributed by atoms with van der Waals surface area (Å²) in [6.07, 6.45) is 1.22. The summed E-state index contributed by atoms with van der Waals surface area (Å²) in [5, 5.41) is -0.0597. The van der Waals surface area contributed by atoms with E-state index in [0.717, 1.165) is 6.42 Å². The lowest BCUT2D eigenvalue weighted by molar-refractivity contribution is 0.0981. The van der Waals surface area contributed by atoms with Gasteiger partial charge < -0.3 is 9.79 Å². The minimum Gasteiger partial charge on any atom is -0.321 e. The molecule has 4 nitrogen and oxygen atoms in total. The lowest BCUT2D eigenvalue weighted by Crippen LogP contribution is -2.05. The van der Waals surface area contributed by atoms with Crippen molar-refractivity contribution in [2.24, 2.45) is 0 Å². The van der Waals surface area contributed by atoms with E-state index in [9.17, 15) is 9.36 Å². The Morgan fingerprint density at radius 1 is 1.27 bits per heavy atom. The first-order valence-corrected chi connectivity index (χ1v) is 6.25. The summed E-state index contributed by atoms with van der Waals surface area (Å²) in [7, 11) is -4.19. The third-order valence-electron chi connectivity index (χ3n) is 2.00. The quantitative estimate of drug-likeness (QED) is 0.604. The average molecular weight is 228 g/mol. The van der Waals surface area contributed by atoms with Gasteiger partial charge in [0.25, 0.3) is 0 Å². The molecule has 82 valence electrons. The van der Waals surface area contributed by atoms with Gasteiger partial charge in [-0.3, -0.25) is 9.36 Å². The van der Waals surface area contributed by atoms with Crippen molar-refractivity contribution in [3.8, 4) is 0 Å². The van der Waals surface area contributed by atoms with Crippen LogP contribution in [-0.2, 0) is 4.57 Å². The van der Waals surface area contributed by atoms with Crippen molar-refractivity contribution in [2.75, 3.05) is 0 Å². The lowest BCUT2D eigenvalue weighted by atomic mass is 10.1. The molecule has 0 fully saturated rings. The first-order chi connectivity index (χ1) is 6.95. The van der Waals surface area contributed by atoms with Gasteiger partial charge in [0, 0.05) is 12.0 Å². The minimum atomic E-state index is -4.19. The second-order valence-electron chi connectivity index (χ2n) is 3.26. The van der Waals surface area contributed by atoms with Crippen LogP contribution < -0.4 is 5.30 Å². The second-order valence-corrected chi connectivity index (χ2v) is 4.87. The fourth-order valence-electron chi connectivity index (χ4n) is 1.21. The predicted octanol–water partition coefficient (Wildman–Crippen LogP) is 1.47. The van der Waals surface area contributed by atoms with Crippen LogP contribution in [0.2, 0.25) is 0 Å². The zero-order chi connectivity index (χ0) is 11.5. The molecule has 0 aliphatic carbocycles. The summed E-state index contributed by atoms with van der Waals surface area (Å²) in [5.41, 5.74) is 0.494. The minimum absolute atomic E-state index is 0.00485. The van der Waals surface area contributed by atoms with E-state index in [2.05, 4.69) is 0 Å². The van der Waals surface area contributed by atoms with Crippen molar-refractivity contribution >= 4 is 18.7 Å². The molecule has 5 heteroatoms. The summed E-state index contributed by atoms with van der Waals surface area (Å²) in [6, 6.07) is 5.49. The van der Waals surface area contributed by atoms with Gasteiger partial charge in [0.1, 0.15) is 0 Å². The highest BCUT2D eigenvalue weighted by atomic mass is 31.2. The van der Waals surface area contributed by atoms with Gasteiger partial charge >= 0.3 is 7.60 Å². The van der Waals surface area contributed by atoms with Crippen LogP contribution in [0.25, 0.3) is 0 Å². The molecule has 1 rings (SSSR count). The van der Waals surface area contributed by atoms with E-state index in [0.29, 0.717) is 12.0 Å². The molecule has 15 heavy (non-hydrogen) atoms. The number of ketones is 1. The van der Waals surface area contributed by atoms with Crippen LogP contribution in [0.4, 0.5) is 0 Å². The summed E-state index contributed by atoms with van der Waals surface area (Å²) in [5.74, 6) is -0.00485. The SMILES string of the molecule is CCCC(=O)c1ccc(P(=O)(O)O)cc1. The summed E-state index contributed by atoms with van der Waals surface area (Å²) in [4.78, 5) is 29.1. The molecule has 0 aromatic heterocycles. The van der Waals surface area contributed by atoms with Gasteiger partial charge in [-0.15, -0.1) is 0 Å². The molecule has 1 aromatic rings. The average Bonchev–Trinajstić information content (AvgIpc) is 2.17. The predicted molar refractivity (Wildman–Crippen MR) is 57.4 cm³/mol. The number of hydrogen-bond acceptors (Lipinski definition) is 2. The van der Waals surface area contributed by atoms with Gasteiger partial charge in [0.05, 0.1) is 5.30 Å². The van der Waals surface area contributed by atoms with Crippen molar-refractivity contribution in [2.45, 2.75) is 19.8 Å². The van der Waals surface area contributed by atoms with Crippen molar-refractivity contribution in [1.29, 1.82) is 0 Å². The first-order valence-electron chi connectivity index (χ1n) is 4.64. The van der Waals surface area contributed by atoms with E-state index in [-0.39, 0.29) is 11.1 Å². The standard InChI is InChI=1S/C10H13O4P/c1-2-3-10(11)8-4-6-9(7-5-8)15(12,13)14/h4-7H,2-3H2,1H3,(H2,12,13,14). The van der Waals surface area contributed by atoms with Crippen LogP contribution in [0.5, 0.6) is 0 Å². The Hall–Kier alpha value is -0.960. The molecular weight excluding hydrogens is 215 g/mol. The van der Waals surface area contributed by atoms with E-state index in [1.807, 2.05) is 6.92 Å². The maximum atomic E-state index is 11.4. The number of carbonyl (C=O) groups excluding carboxylic acids is 1. The van der Waals surface area contributed by atoms with Gasteiger partial charge in [-0.2, -0.15) is 0 Å². The molecule has 0 heterocycles. The van der Waals surface area contributed by atoms with Gasteiger partial charge in [-0.1, -0.05) is 19.1 Å². The van der Waals surface area contributed by atoms with E-state index in [1.165, 1.54) is 24.3 Å². The van der Waals surface area contributed by atoms with Crippen LogP contribution in [0.15, 0.2) is 24.3 Å². The van der Waals surface area contributed by atoms with Crippen molar-refractivity contribution in [1.82, 2.24) is 0 Å². The van der Waals surface area contributed by atoms with Gasteiger partial charge in [0.15, 0.2) is 5.78 Å². The molecule has 0 spiro atoms. The summed E-state index contributed by atoms with van der Waals surface area (Å²) in [6.45, 7) is 1.90. The van der Waals surface area contributed by atoms with Crippen LogP contribution in [0.1, 0.15) is 30.1 Å². The topological polar surface area (TPSA) is 74.6 Å². The molecule has 0 aliphatic rings. The normalized spacial score (nSPS) is 11.4. The molecule has 0 amide bonds. The van der Waals surface area contributed by atoms with Crippen LogP contribution >= 0.6 is 7.60 Å². The Morgan fingerprint density at radius 3 is 2.20 bits per heavy atom. The monoisotopic (exact) mass is 228 g/mol. The summed E-state index contributed by atoms with van der Waals surface area (Å²) < 4.78 is 10.8. The van der Waals surface area contributed by atoms with Crippen molar-refractivity contribution < 1.29 is 19.1 Å². The second kappa shape index (κ2) is 4.71. The zero-order valence-corrected chi connectivity index (χ0v) is 9.28. The number of rotatable bonds is 4. The third kappa shape index (κ3) is 3.27. The number of benzene rings is 1. The third-order valence-corrected chi connectivity index (χ3v) is 2.97. The number of carbonyl (C=O) groups is 1. The van der Waals surface area contributed by atoms with Gasteiger partial charge in [-0.25, -0.2) is 0 Å². The molecule has 0 saturated carbocycles. The zero-order valence-electron chi connectivity index (χ0n) is 8.38. The molecule has 2 N–H and O–H groups in total. The molecule has 0 atom stereocenters. The molecule has 0 bridgehead atoms. The molecule has 0 unspecified atom stereocenters. The fourth-order valence-corrected chi connectivity index (χ4v) is 1.75. The Balaban J connectivity index is 2.91. The maximum Gasteiger partial charge on any atom is 0.356 e. The maximum absolute atomic E-state index is 11.4. The largest absolute Gasteiger partial charge is 0.356 e. The van der Waals surface area contributed by atoms with Gasteiger partial charge in [-0.05, 0) is 18.6 Å². The molecular formula is C10H13O4P. The van der Waals surface area contributed by atoms with E-state index in [1.54, 1.807) is 0 Å². The van der Waals surface area contributed by atoms with E-state index in [4.69, 9.17) is 9.79 Å². The molecule has 1 aromatic carbocycles. The van der Waals surface area contributed by atoms with Crippen molar-refractivity contribution in [3.63, 3.8) is 0 Å². The molecule has 0 radical (unpaired) electrons.